The van der Waals surface area contributed by atoms with Crippen LogP contribution in [0.4, 0.5) is 0 Å². The van der Waals surface area contributed by atoms with Crippen molar-refractivity contribution >= 4 is 15.8 Å². The first-order chi connectivity index (χ1) is 12.0. The second-order valence-electron chi connectivity index (χ2n) is 6.11. The van der Waals surface area contributed by atoms with Gasteiger partial charge in [0.2, 0.25) is 0 Å². The van der Waals surface area contributed by atoms with Crippen LogP contribution in [-0.4, -0.2) is 53.0 Å². The van der Waals surface area contributed by atoms with E-state index in [9.17, 15) is 8.42 Å². The molecule has 0 saturated carbocycles. The Morgan fingerprint density at radius 1 is 1.16 bits per heavy atom. The number of benzene rings is 1. The van der Waals surface area contributed by atoms with Crippen molar-refractivity contribution in [1.29, 1.82) is 0 Å². The number of guanidine groups is 1. The third-order valence-corrected chi connectivity index (χ3v) is 5.19. The number of rotatable bonds is 11. The molecule has 6 nitrogen and oxygen atoms in total. The predicted octanol–water partition coefficient (Wildman–Crippen LogP) is 2.08. The first-order valence-electron chi connectivity index (χ1n) is 8.83. The zero-order valence-corrected chi connectivity index (χ0v) is 16.3. The van der Waals surface area contributed by atoms with Gasteiger partial charge >= 0.3 is 0 Å². The van der Waals surface area contributed by atoms with Gasteiger partial charge in [-0.1, -0.05) is 32.0 Å². The SMILES string of the molecule is CCNC(=NCCOCCC(C)C)NCCS(=O)(=O)c1ccccc1. The van der Waals surface area contributed by atoms with Crippen molar-refractivity contribution in [2.75, 3.05) is 38.6 Å². The molecule has 2 N–H and O–H groups in total. The molecule has 0 amide bonds. The quantitative estimate of drug-likeness (QED) is 0.355. The third-order valence-electron chi connectivity index (χ3n) is 3.45. The number of hydrogen-bond donors (Lipinski definition) is 2. The monoisotopic (exact) mass is 369 g/mol. The normalized spacial score (nSPS) is 12.4. The van der Waals surface area contributed by atoms with E-state index in [0.717, 1.165) is 13.0 Å². The minimum absolute atomic E-state index is 0.0202. The summed E-state index contributed by atoms with van der Waals surface area (Å²) in [4.78, 5) is 4.74. The minimum atomic E-state index is -3.28. The van der Waals surface area contributed by atoms with Gasteiger partial charge in [-0.15, -0.1) is 0 Å². The molecule has 1 aromatic carbocycles. The zero-order chi connectivity index (χ0) is 18.5. The van der Waals surface area contributed by atoms with Crippen LogP contribution in [0.25, 0.3) is 0 Å². The summed E-state index contributed by atoms with van der Waals surface area (Å²) in [6.07, 6.45) is 1.04. The van der Waals surface area contributed by atoms with Gasteiger partial charge in [-0.3, -0.25) is 4.99 Å². The second kappa shape index (κ2) is 11.9. The molecular formula is C18H31N3O3S. The van der Waals surface area contributed by atoms with Crippen molar-refractivity contribution in [1.82, 2.24) is 10.6 Å². The highest BCUT2D eigenvalue weighted by molar-refractivity contribution is 7.91. The average molecular weight is 370 g/mol. The fraction of sp³-hybridized carbons (Fsp3) is 0.611. The lowest BCUT2D eigenvalue weighted by molar-refractivity contribution is 0.130. The number of nitrogens with one attached hydrogen (secondary N) is 2. The molecule has 7 heteroatoms. The van der Waals surface area contributed by atoms with Crippen molar-refractivity contribution in [2.45, 2.75) is 32.1 Å². The van der Waals surface area contributed by atoms with E-state index in [1.807, 2.05) is 6.92 Å². The Kier molecular flexibility index (Phi) is 10.2. The highest BCUT2D eigenvalue weighted by atomic mass is 32.2. The molecule has 0 heterocycles. The van der Waals surface area contributed by atoms with Crippen LogP contribution >= 0.6 is 0 Å². The van der Waals surface area contributed by atoms with Crippen molar-refractivity contribution in [3.63, 3.8) is 0 Å². The summed E-state index contributed by atoms with van der Waals surface area (Å²) in [6, 6.07) is 8.49. The van der Waals surface area contributed by atoms with Crippen LogP contribution in [0.2, 0.25) is 0 Å². The molecule has 0 aliphatic carbocycles. The molecule has 0 spiro atoms. The van der Waals surface area contributed by atoms with Gasteiger partial charge in [0.15, 0.2) is 15.8 Å². The van der Waals surface area contributed by atoms with E-state index in [2.05, 4.69) is 29.5 Å². The Morgan fingerprint density at radius 2 is 1.88 bits per heavy atom. The van der Waals surface area contributed by atoms with Crippen LogP contribution in [0.3, 0.4) is 0 Å². The number of hydrogen-bond acceptors (Lipinski definition) is 4. The van der Waals surface area contributed by atoms with E-state index >= 15 is 0 Å². The molecule has 0 atom stereocenters. The van der Waals surface area contributed by atoms with Gasteiger partial charge < -0.3 is 15.4 Å². The van der Waals surface area contributed by atoms with Gasteiger partial charge in [0.1, 0.15) is 0 Å². The molecule has 25 heavy (non-hydrogen) atoms. The lowest BCUT2D eigenvalue weighted by Gasteiger charge is -2.12. The van der Waals surface area contributed by atoms with Crippen molar-refractivity contribution in [2.24, 2.45) is 10.9 Å². The Hall–Kier alpha value is -1.60. The molecule has 0 radical (unpaired) electrons. The van der Waals surface area contributed by atoms with Gasteiger partial charge in [0.05, 0.1) is 23.8 Å². The maximum atomic E-state index is 12.2. The lowest BCUT2D eigenvalue weighted by atomic mass is 10.1. The minimum Gasteiger partial charge on any atom is -0.380 e. The van der Waals surface area contributed by atoms with E-state index in [-0.39, 0.29) is 5.75 Å². The van der Waals surface area contributed by atoms with Gasteiger partial charge in [0, 0.05) is 19.7 Å². The van der Waals surface area contributed by atoms with E-state index in [1.54, 1.807) is 30.3 Å². The predicted molar refractivity (Wildman–Crippen MR) is 103 cm³/mol. The van der Waals surface area contributed by atoms with Crippen LogP contribution in [0, 0.1) is 5.92 Å². The first kappa shape index (κ1) is 21.4. The molecule has 0 unspecified atom stereocenters. The van der Waals surface area contributed by atoms with E-state index in [1.165, 1.54) is 0 Å². The molecule has 0 fully saturated rings. The number of aliphatic imine (C=N–C) groups is 1. The summed E-state index contributed by atoms with van der Waals surface area (Å²) in [5.74, 6) is 1.26. The highest BCUT2D eigenvalue weighted by Crippen LogP contribution is 2.09. The van der Waals surface area contributed by atoms with E-state index in [0.29, 0.717) is 43.0 Å². The molecule has 0 aliphatic rings. The van der Waals surface area contributed by atoms with Crippen molar-refractivity contribution in [3.05, 3.63) is 30.3 Å². The van der Waals surface area contributed by atoms with E-state index < -0.39 is 9.84 Å². The summed E-state index contributed by atoms with van der Waals surface area (Å²) < 4.78 is 30.0. The Labute approximate surface area is 152 Å². The fourth-order valence-corrected chi connectivity index (χ4v) is 3.21. The summed E-state index contributed by atoms with van der Waals surface area (Å²) >= 11 is 0. The summed E-state index contributed by atoms with van der Waals surface area (Å²) in [5.41, 5.74) is 0. The van der Waals surface area contributed by atoms with Crippen LogP contribution < -0.4 is 10.6 Å². The van der Waals surface area contributed by atoms with Gasteiger partial charge in [0.25, 0.3) is 0 Å². The maximum absolute atomic E-state index is 12.2. The van der Waals surface area contributed by atoms with Gasteiger partial charge in [-0.05, 0) is 31.4 Å². The molecule has 0 saturated heterocycles. The smallest absolute Gasteiger partial charge is 0.191 e. The molecular weight excluding hydrogens is 338 g/mol. The summed E-state index contributed by atoms with van der Waals surface area (Å²) in [7, 11) is -3.28. The maximum Gasteiger partial charge on any atom is 0.191 e. The Bertz CT molecular complexity index is 601. The number of ether oxygens (including phenoxy) is 1. The van der Waals surface area contributed by atoms with Crippen LogP contribution in [0.15, 0.2) is 40.2 Å². The lowest BCUT2D eigenvalue weighted by Crippen LogP contribution is -2.39. The fourth-order valence-electron chi connectivity index (χ4n) is 2.03. The average Bonchev–Trinajstić information content (AvgIpc) is 2.58. The number of nitrogens with zero attached hydrogens (tertiary/aromatic N) is 1. The first-order valence-corrected chi connectivity index (χ1v) is 10.5. The van der Waals surface area contributed by atoms with Crippen LogP contribution in [0.5, 0.6) is 0 Å². The van der Waals surface area contributed by atoms with Crippen molar-refractivity contribution < 1.29 is 13.2 Å². The number of sulfone groups is 1. The summed E-state index contributed by atoms with van der Waals surface area (Å²) in [6.45, 7) is 9.16. The van der Waals surface area contributed by atoms with Crippen LogP contribution in [0.1, 0.15) is 27.2 Å². The molecule has 142 valence electrons. The van der Waals surface area contributed by atoms with Gasteiger partial charge in [-0.25, -0.2) is 8.42 Å². The molecule has 1 aromatic rings. The standard InChI is InChI=1S/C18H31N3O3S/c1-4-19-18(20-11-14-24-13-10-16(2)3)21-12-15-25(22,23)17-8-6-5-7-9-17/h5-9,16H,4,10-15H2,1-3H3,(H2,19,20,21). The van der Waals surface area contributed by atoms with Gasteiger partial charge in [-0.2, -0.15) is 0 Å². The van der Waals surface area contributed by atoms with Crippen molar-refractivity contribution in [3.8, 4) is 0 Å². The zero-order valence-electron chi connectivity index (χ0n) is 15.5. The molecule has 1 rings (SSSR count). The molecule has 0 aliphatic heterocycles. The van der Waals surface area contributed by atoms with E-state index in [4.69, 9.17) is 4.74 Å². The topological polar surface area (TPSA) is 79.8 Å². The Balaban J connectivity index is 2.38. The molecule has 0 bridgehead atoms. The third kappa shape index (κ3) is 9.45. The second-order valence-corrected chi connectivity index (χ2v) is 8.22. The van der Waals surface area contributed by atoms with Crippen LogP contribution in [-0.2, 0) is 14.6 Å². The Morgan fingerprint density at radius 3 is 2.52 bits per heavy atom. The largest absolute Gasteiger partial charge is 0.380 e. The highest BCUT2D eigenvalue weighted by Gasteiger charge is 2.13. The summed E-state index contributed by atoms with van der Waals surface area (Å²) in [5, 5.41) is 6.17. The molecule has 0 aromatic heterocycles.